The fraction of sp³-hybridized carbons (Fsp3) is 0.250. The van der Waals surface area contributed by atoms with Gasteiger partial charge < -0.3 is 14.6 Å². The molecule has 2 rings (SSSR count). The third kappa shape index (κ3) is 5.73. The number of benzene rings is 2. The van der Waals surface area contributed by atoms with Gasteiger partial charge in [-0.15, -0.1) is 5.11 Å². The van der Waals surface area contributed by atoms with Crippen molar-refractivity contribution in [2.24, 2.45) is 10.2 Å². The zero-order chi connectivity index (χ0) is 18.8. The van der Waals surface area contributed by atoms with Gasteiger partial charge in [-0.1, -0.05) is 30.3 Å². The monoisotopic (exact) mass is 354 g/mol. The Kier molecular flexibility index (Phi) is 7.36. The van der Waals surface area contributed by atoms with Crippen LogP contribution in [0.2, 0.25) is 0 Å². The fourth-order valence-electron chi connectivity index (χ4n) is 2.20. The molecule has 0 unspecified atom stereocenters. The van der Waals surface area contributed by atoms with Gasteiger partial charge in [0.2, 0.25) is 5.70 Å². The molecule has 0 bridgehead atoms. The number of aryl methyl sites for hydroxylation is 1. The van der Waals surface area contributed by atoms with E-state index in [2.05, 4.69) is 10.2 Å². The molecule has 1 N–H and O–H groups in total. The van der Waals surface area contributed by atoms with Crippen molar-refractivity contribution < 1.29 is 19.4 Å². The predicted octanol–water partition coefficient (Wildman–Crippen LogP) is 4.74. The molecule has 2 aromatic rings. The Morgan fingerprint density at radius 3 is 2.38 bits per heavy atom. The third-order valence-electron chi connectivity index (χ3n) is 3.57. The second-order valence-corrected chi connectivity index (χ2v) is 5.40. The van der Waals surface area contributed by atoms with Gasteiger partial charge in [-0.05, 0) is 43.2 Å². The summed E-state index contributed by atoms with van der Waals surface area (Å²) in [4.78, 5) is 12.1. The molecule has 0 saturated heterocycles. The van der Waals surface area contributed by atoms with E-state index in [0.29, 0.717) is 17.9 Å². The molecule has 0 aliphatic carbocycles. The lowest BCUT2D eigenvalue weighted by Crippen LogP contribution is -2.09. The number of aliphatic hydroxyl groups excluding tert-OH is 1. The Labute approximate surface area is 152 Å². The van der Waals surface area contributed by atoms with Gasteiger partial charge in [-0.2, -0.15) is 5.11 Å². The SMILES string of the molecule is CCOC(=O)C(N=Nc1ccc(OC)cc1)=C(O)CCc1ccccc1. The first-order valence-electron chi connectivity index (χ1n) is 8.33. The van der Waals surface area contributed by atoms with Crippen molar-refractivity contribution >= 4 is 11.7 Å². The molecule has 0 heterocycles. The quantitative estimate of drug-likeness (QED) is 0.321. The summed E-state index contributed by atoms with van der Waals surface area (Å²) in [6.07, 6.45) is 0.841. The summed E-state index contributed by atoms with van der Waals surface area (Å²) in [6, 6.07) is 16.5. The number of ether oxygens (including phenoxy) is 2. The lowest BCUT2D eigenvalue weighted by atomic mass is 10.1. The smallest absolute Gasteiger partial charge is 0.362 e. The summed E-state index contributed by atoms with van der Waals surface area (Å²) >= 11 is 0. The first-order valence-corrected chi connectivity index (χ1v) is 8.33. The van der Waals surface area contributed by atoms with Gasteiger partial charge in [-0.25, -0.2) is 4.79 Å². The largest absolute Gasteiger partial charge is 0.510 e. The van der Waals surface area contributed by atoms with E-state index in [1.165, 1.54) is 0 Å². The van der Waals surface area contributed by atoms with Crippen LogP contribution in [0.4, 0.5) is 5.69 Å². The summed E-state index contributed by atoms with van der Waals surface area (Å²) in [5.74, 6) is -0.157. The number of hydrogen-bond acceptors (Lipinski definition) is 6. The molecule has 0 aliphatic heterocycles. The lowest BCUT2D eigenvalue weighted by molar-refractivity contribution is -0.138. The van der Waals surface area contributed by atoms with Crippen LogP contribution < -0.4 is 4.74 Å². The topological polar surface area (TPSA) is 80.5 Å². The zero-order valence-electron chi connectivity index (χ0n) is 14.9. The first kappa shape index (κ1) is 19.2. The van der Waals surface area contributed by atoms with E-state index >= 15 is 0 Å². The molecule has 0 fully saturated rings. The van der Waals surface area contributed by atoms with E-state index in [1.807, 2.05) is 30.3 Å². The number of carbonyl (C=O) groups excluding carboxylic acids is 1. The van der Waals surface area contributed by atoms with Gasteiger partial charge >= 0.3 is 5.97 Å². The lowest BCUT2D eigenvalue weighted by Gasteiger charge is -2.06. The standard InChI is InChI=1S/C20H22N2O4/c1-3-26-20(24)19(18(23)14-9-15-7-5-4-6-8-15)22-21-16-10-12-17(25-2)13-11-16/h4-8,10-13,23H,3,9,14H2,1-2H3. The van der Waals surface area contributed by atoms with Crippen LogP contribution in [0.15, 0.2) is 76.3 Å². The molecule has 0 spiro atoms. The Balaban J connectivity index is 2.17. The van der Waals surface area contributed by atoms with E-state index in [0.717, 1.165) is 5.56 Å². The summed E-state index contributed by atoms with van der Waals surface area (Å²) in [5.41, 5.74) is 1.40. The van der Waals surface area contributed by atoms with Gasteiger partial charge in [0.1, 0.15) is 11.5 Å². The molecule has 0 aliphatic rings. The second kappa shape index (κ2) is 9.98. The Hall–Kier alpha value is -3.15. The van der Waals surface area contributed by atoms with Crippen LogP contribution in [-0.2, 0) is 16.0 Å². The molecule has 0 saturated carbocycles. The number of nitrogens with zero attached hydrogens (tertiary/aromatic N) is 2. The molecule has 0 aromatic heterocycles. The summed E-state index contributed by atoms with van der Waals surface area (Å²) in [7, 11) is 1.57. The van der Waals surface area contributed by atoms with E-state index in [-0.39, 0.29) is 24.5 Å². The van der Waals surface area contributed by atoms with Gasteiger partial charge in [-0.3, -0.25) is 0 Å². The van der Waals surface area contributed by atoms with E-state index in [4.69, 9.17) is 9.47 Å². The molecule has 26 heavy (non-hydrogen) atoms. The van der Waals surface area contributed by atoms with Crippen LogP contribution in [0.1, 0.15) is 18.9 Å². The van der Waals surface area contributed by atoms with Crippen molar-refractivity contribution in [3.05, 3.63) is 71.6 Å². The van der Waals surface area contributed by atoms with Crippen molar-refractivity contribution in [1.29, 1.82) is 0 Å². The van der Waals surface area contributed by atoms with Crippen molar-refractivity contribution in [3.8, 4) is 5.75 Å². The minimum Gasteiger partial charge on any atom is -0.510 e. The number of azo groups is 1. The average Bonchev–Trinajstić information content (AvgIpc) is 2.68. The van der Waals surface area contributed by atoms with Crippen molar-refractivity contribution in [3.63, 3.8) is 0 Å². The van der Waals surface area contributed by atoms with Gasteiger partial charge in [0.05, 0.1) is 19.4 Å². The molecule has 2 aromatic carbocycles. The highest BCUT2D eigenvalue weighted by Crippen LogP contribution is 2.20. The minimum absolute atomic E-state index is 0.149. The van der Waals surface area contributed by atoms with Crippen molar-refractivity contribution in [2.45, 2.75) is 19.8 Å². The molecule has 6 heteroatoms. The third-order valence-corrected chi connectivity index (χ3v) is 3.57. The maximum Gasteiger partial charge on any atom is 0.362 e. The molecule has 136 valence electrons. The second-order valence-electron chi connectivity index (χ2n) is 5.40. The normalized spacial score (nSPS) is 11.9. The molecule has 0 amide bonds. The number of hydrogen-bond donors (Lipinski definition) is 1. The van der Waals surface area contributed by atoms with E-state index in [9.17, 15) is 9.90 Å². The number of methoxy groups -OCH3 is 1. The molecule has 6 nitrogen and oxygen atoms in total. The van der Waals surface area contributed by atoms with Crippen LogP contribution in [0.5, 0.6) is 5.75 Å². The number of aliphatic hydroxyl groups is 1. The first-order chi connectivity index (χ1) is 12.6. The maximum absolute atomic E-state index is 12.1. The van der Waals surface area contributed by atoms with Gasteiger partial charge in [0, 0.05) is 6.42 Å². The minimum atomic E-state index is -0.699. The van der Waals surface area contributed by atoms with E-state index < -0.39 is 5.97 Å². The summed E-state index contributed by atoms with van der Waals surface area (Å²) in [5, 5.41) is 18.3. The number of allylic oxidation sites excluding steroid dienone is 1. The van der Waals surface area contributed by atoms with Crippen molar-refractivity contribution in [2.75, 3.05) is 13.7 Å². The van der Waals surface area contributed by atoms with Crippen LogP contribution in [0, 0.1) is 0 Å². The molecular weight excluding hydrogens is 332 g/mol. The zero-order valence-corrected chi connectivity index (χ0v) is 14.9. The number of carbonyl (C=O) groups is 1. The highest BCUT2D eigenvalue weighted by Gasteiger charge is 2.16. The van der Waals surface area contributed by atoms with Gasteiger partial charge in [0.25, 0.3) is 0 Å². The fourth-order valence-corrected chi connectivity index (χ4v) is 2.20. The maximum atomic E-state index is 12.1. The van der Waals surface area contributed by atoms with Crippen LogP contribution in [0.25, 0.3) is 0 Å². The van der Waals surface area contributed by atoms with Crippen LogP contribution in [0.3, 0.4) is 0 Å². The Morgan fingerprint density at radius 2 is 1.77 bits per heavy atom. The highest BCUT2D eigenvalue weighted by atomic mass is 16.5. The summed E-state index contributed by atoms with van der Waals surface area (Å²) < 4.78 is 10.1. The summed E-state index contributed by atoms with van der Waals surface area (Å²) in [6.45, 7) is 1.88. The van der Waals surface area contributed by atoms with E-state index in [1.54, 1.807) is 38.3 Å². The number of rotatable bonds is 8. The Bertz CT molecular complexity index is 768. The van der Waals surface area contributed by atoms with Gasteiger partial charge in [0.15, 0.2) is 0 Å². The van der Waals surface area contributed by atoms with Crippen LogP contribution in [-0.4, -0.2) is 24.8 Å². The molecule has 0 radical (unpaired) electrons. The number of esters is 1. The average molecular weight is 354 g/mol. The van der Waals surface area contributed by atoms with Crippen molar-refractivity contribution in [1.82, 2.24) is 0 Å². The molecule has 0 atom stereocenters. The predicted molar refractivity (Wildman–Crippen MR) is 98.6 cm³/mol. The Morgan fingerprint density at radius 1 is 1.08 bits per heavy atom. The highest BCUT2D eigenvalue weighted by molar-refractivity contribution is 5.88. The van der Waals surface area contributed by atoms with Crippen LogP contribution >= 0.6 is 0 Å². The molecular formula is C20H22N2O4.